The molecule has 3 N–H and O–H groups in total. The highest BCUT2D eigenvalue weighted by atomic mass is 16.5. The summed E-state index contributed by atoms with van der Waals surface area (Å²) in [5, 5.41) is 4.66. The number of aromatic amines is 1. The van der Waals surface area contributed by atoms with Crippen LogP contribution in [0.3, 0.4) is 0 Å². The monoisotopic (exact) mass is 365 g/mol. The molecule has 2 rings (SSSR count). The van der Waals surface area contributed by atoms with Crippen LogP contribution in [0, 0.1) is 13.8 Å². The van der Waals surface area contributed by atoms with Gasteiger partial charge >= 0.3 is 18.0 Å². The molecule has 1 saturated carbocycles. The number of nitrogens with one attached hydrogen (secondary N) is 3. The normalized spacial score (nSPS) is 13.3. The fourth-order valence-electron chi connectivity index (χ4n) is 2.35. The van der Waals surface area contributed by atoms with Gasteiger partial charge in [0.2, 0.25) is 0 Å². The van der Waals surface area contributed by atoms with Gasteiger partial charge in [0.1, 0.15) is 5.69 Å². The number of carbonyl (C=O) groups is 4. The molecule has 0 bridgehead atoms. The van der Waals surface area contributed by atoms with Crippen LogP contribution in [0.15, 0.2) is 0 Å². The quantitative estimate of drug-likeness (QED) is 0.653. The molecule has 9 heteroatoms. The van der Waals surface area contributed by atoms with E-state index in [9.17, 15) is 19.2 Å². The Hall–Kier alpha value is -2.84. The molecule has 26 heavy (non-hydrogen) atoms. The number of H-pyrrole nitrogens is 1. The molecule has 0 aromatic carbocycles. The van der Waals surface area contributed by atoms with E-state index < -0.39 is 30.5 Å². The van der Waals surface area contributed by atoms with Gasteiger partial charge in [-0.25, -0.2) is 14.4 Å². The number of imide groups is 1. The van der Waals surface area contributed by atoms with Crippen molar-refractivity contribution < 1.29 is 28.7 Å². The molecule has 9 nitrogen and oxygen atoms in total. The molecule has 0 radical (unpaired) electrons. The van der Waals surface area contributed by atoms with Crippen LogP contribution >= 0.6 is 0 Å². The SMILES string of the molecule is Cc1[nH]c(C(=O)OCC(=O)NC(=O)NC2CC2)c(C)c1C(=O)OC(C)C. The van der Waals surface area contributed by atoms with E-state index >= 15 is 0 Å². The molecule has 1 aliphatic carbocycles. The molecule has 3 amide bonds. The van der Waals surface area contributed by atoms with E-state index in [-0.39, 0.29) is 23.4 Å². The summed E-state index contributed by atoms with van der Waals surface area (Å²) in [7, 11) is 0. The van der Waals surface area contributed by atoms with E-state index in [2.05, 4.69) is 15.6 Å². The average Bonchev–Trinajstić information content (AvgIpc) is 3.27. The lowest BCUT2D eigenvalue weighted by Crippen LogP contribution is -2.42. The lowest BCUT2D eigenvalue weighted by Gasteiger charge is -2.08. The van der Waals surface area contributed by atoms with Crippen LogP contribution in [0.5, 0.6) is 0 Å². The van der Waals surface area contributed by atoms with Crippen molar-refractivity contribution in [3.63, 3.8) is 0 Å². The highest BCUT2D eigenvalue weighted by Crippen LogP contribution is 2.20. The Bertz CT molecular complexity index is 733. The number of aromatic nitrogens is 1. The zero-order chi connectivity index (χ0) is 19.4. The highest BCUT2D eigenvalue weighted by molar-refractivity contribution is 6.00. The van der Waals surface area contributed by atoms with Crippen molar-refractivity contribution in [2.24, 2.45) is 0 Å². The minimum Gasteiger partial charge on any atom is -0.459 e. The standard InChI is InChI=1S/C17H23N3O6/c1-8(2)26-15(22)13-9(3)14(18-10(13)4)16(23)25-7-12(21)20-17(24)19-11-5-6-11/h8,11,18H,5-7H2,1-4H3,(H2,19,20,21,24). The second kappa shape index (κ2) is 8.03. The smallest absolute Gasteiger partial charge is 0.355 e. The number of hydrogen-bond acceptors (Lipinski definition) is 6. The van der Waals surface area contributed by atoms with Crippen molar-refractivity contribution in [2.75, 3.05) is 6.61 Å². The first-order valence-electron chi connectivity index (χ1n) is 8.36. The van der Waals surface area contributed by atoms with E-state index in [0.29, 0.717) is 11.3 Å². The van der Waals surface area contributed by atoms with Gasteiger partial charge in [-0.05, 0) is 46.1 Å². The second-order valence-corrected chi connectivity index (χ2v) is 6.45. The molecule has 1 aromatic heterocycles. The van der Waals surface area contributed by atoms with E-state index in [1.165, 1.54) is 0 Å². The van der Waals surface area contributed by atoms with Crippen LogP contribution in [0.2, 0.25) is 0 Å². The van der Waals surface area contributed by atoms with Gasteiger partial charge in [-0.1, -0.05) is 0 Å². The van der Waals surface area contributed by atoms with Gasteiger partial charge in [0.25, 0.3) is 5.91 Å². The predicted octanol–water partition coefficient (Wildman–Crippen LogP) is 1.34. The van der Waals surface area contributed by atoms with Crippen LogP contribution in [0.1, 0.15) is 58.8 Å². The Morgan fingerprint density at radius 1 is 1.15 bits per heavy atom. The number of ether oxygens (including phenoxy) is 2. The number of rotatable bonds is 6. The Morgan fingerprint density at radius 3 is 2.38 bits per heavy atom. The number of aryl methyl sites for hydroxylation is 1. The molecule has 0 saturated heterocycles. The summed E-state index contributed by atoms with van der Waals surface area (Å²) in [6, 6.07) is -0.502. The molecule has 142 valence electrons. The summed E-state index contributed by atoms with van der Waals surface area (Å²) >= 11 is 0. The van der Waals surface area contributed by atoms with Gasteiger partial charge in [-0.3, -0.25) is 10.1 Å². The first kappa shape index (κ1) is 19.5. The van der Waals surface area contributed by atoms with E-state index in [4.69, 9.17) is 9.47 Å². The molecule has 1 fully saturated rings. The Labute approximate surface area is 150 Å². The van der Waals surface area contributed by atoms with Crippen LogP contribution in [-0.4, -0.2) is 47.6 Å². The molecular formula is C17H23N3O6. The maximum atomic E-state index is 12.2. The van der Waals surface area contributed by atoms with Gasteiger partial charge < -0.3 is 19.8 Å². The summed E-state index contributed by atoms with van der Waals surface area (Å²) < 4.78 is 10.1. The van der Waals surface area contributed by atoms with Crippen molar-refractivity contribution in [3.8, 4) is 0 Å². The molecule has 1 aromatic rings. The zero-order valence-electron chi connectivity index (χ0n) is 15.2. The molecule has 0 unspecified atom stereocenters. The Morgan fingerprint density at radius 2 is 1.81 bits per heavy atom. The van der Waals surface area contributed by atoms with Crippen LogP contribution in [0.4, 0.5) is 4.79 Å². The third-order valence-corrected chi connectivity index (χ3v) is 3.69. The summed E-state index contributed by atoms with van der Waals surface area (Å²) in [6.07, 6.45) is 1.49. The van der Waals surface area contributed by atoms with Crippen LogP contribution < -0.4 is 10.6 Å². The zero-order valence-corrected chi connectivity index (χ0v) is 15.2. The molecule has 0 spiro atoms. The van der Waals surface area contributed by atoms with Crippen LogP contribution in [-0.2, 0) is 14.3 Å². The molecule has 0 aliphatic heterocycles. The van der Waals surface area contributed by atoms with Crippen LogP contribution in [0.25, 0.3) is 0 Å². The fourth-order valence-corrected chi connectivity index (χ4v) is 2.35. The minimum absolute atomic E-state index is 0.0634. The summed E-state index contributed by atoms with van der Waals surface area (Å²) in [4.78, 5) is 50.1. The number of carbonyl (C=O) groups excluding carboxylic acids is 4. The van der Waals surface area contributed by atoms with E-state index in [0.717, 1.165) is 12.8 Å². The van der Waals surface area contributed by atoms with Gasteiger partial charge in [-0.2, -0.15) is 0 Å². The van der Waals surface area contributed by atoms with Gasteiger partial charge in [0, 0.05) is 11.7 Å². The number of hydrogen-bond donors (Lipinski definition) is 3. The highest BCUT2D eigenvalue weighted by Gasteiger charge is 2.26. The lowest BCUT2D eigenvalue weighted by molar-refractivity contribution is -0.123. The number of urea groups is 1. The molecular weight excluding hydrogens is 342 g/mol. The third-order valence-electron chi connectivity index (χ3n) is 3.69. The first-order chi connectivity index (χ1) is 12.2. The molecule has 1 aliphatic rings. The summed E-state index contributed by atoms with van der Waals surface area (Å²) in [6.45, 7) is 6.06. The van der Waals surface area contributed by atoms with Crippen molar-refractivity contribution in [2.45, 2.75) is 52.7 Å². The maximum absolute atomic E-state index is 12.2. The van der Waals surface area contributed by atoms with Gasteiger partial charge in [0.15, 0.2) is 6.61 Å². The Balaban J connectivity index is 1.93. The largest absolute Gasteiger partial charge is 0.459 e. The van der Waals surface area contributed by atoms with Crippen molar-refractivity contribution >= 4 is 23.9 Å². The average molecular weight is 365 g/mol. The molecule has 0 atom stereocenters. The second-order valence-electron chi connectivity index (χ2n) is 6.45. The topological polar surface area (TPSA) is 127 Å². The minimum atomic E-state index is -0.799. The number of amides is 3. The third kappa shape index (κ3) is 5.08. The van der Waals surface area contributed by atoms with Gasteiger partial charge in [-0.15, -0.1) is 0 Å². The van der Waals surface area contributed by atoms with Crippen molar-refractivity contribution in [1.82, 2.24) is 15.6 Å². The van der Waals surface area contributed by atoms with Gasteiger partial charge in [0.05, 0.1) is 11.7 Å². The number of esters is 2. The van der Waals surface area contributed by atoms with E-state index in [1.807, 2.05) is 0 Å². The fraction of sp³-hybridized carbons (Fsp3) is 0.529. The summed E-state index contributed by atoms with van der Waals surface area (Å²) in [5.74, 6) is -2.08. The lowest BCUT2D eigenvalue weighted by atomic mass is 10.1. The maximum Gasteiger partial charge on any atom is 0.355 e. The van der Waals surface area contributed by atoms with E-state index in [1.54, 1.807) is 27.7 Å². The van der Waals surface area contributed by atoms with Crippen molar-refractivity contribution in [3.05, 3.63) is 22.5 Å². The molecule has 1 heterocycles. The predicted molar refractivity (Wildman–Crippen MR) is 90.8 cm³/mol. The summed E-state index contributed by atoms with van der Waals surface area (Å²) in [5.41, 5.74) is 1.17. The Kier molecular flexibility index (Phi) is 6.01. The first-order valence-corrected chi connectivity index (χ1v) is 8.36. The van der Waals surface area contributed by atoms with Crippen molar-refractivity contribution in [1.29, 1.82) is 0 Å².